The molecule has 3 rings (SSSR count). The first-order chi connectivity index (χ1) is 10.0. The fraction of sp³-hybridized carbons (Fsp3) is 0.500. The molecule has 112 valence electrons. The van der Waals surface area contributed by atoms with Crippen molar-refractivity contribution >= 4 is 5.91 Å². The van der Waals surface area contributed by atoms with Gasteiger partial charge in [-0.1, -0.05) is 0 Å². The van der Waals surface area contributed by atoms with Crippen LogP contribution in [0.25, 0.3) is 11.5 Å². The number of hydrogen-bond donors (Lipinski definition) is 1. The second kappa shape index (κ2) is 5.33. The van der Waals surface area contributed by atoms with E-state index in [1.807, 2.05) is 18.1 Å². The number of carbonyl (C=O) groups is 1. The predicted octanol–water partition coefficient (Wildman–Crippen LogP) is 0.817. The van der Waals surface area contributed by atoms with Crippen LogP contribution in [0.15, 0.2) is 16.8 Å². The molecule has 0 spiro atoms. The summed E-state index contributed by atoms with van der Waals surface area (Å²) in [7, 11) is 1.83. The van der Waals surface area contributed by atoms with E-state index in [2.05, 4.69) is 22.3 Å². The van der Waals surface area contributed by atoms with E-state index in [9.17, 15) is 4.79 Å². The van der Waals surface area contributed by atoms with Crippen molar-refractivity contribution < 1.29 is 9.21 Å². The van der Waals surface area contributed by atoms with Crippen molar-refractivity contribution in [1.82, 2.24) is 25.0 Å². The van der Waals surface area contributed by atoms with Crippen LogP contribution < -0.4 is 5.32 Å². The Labute approximate surface area is 122 Å². The summed E-state index contributed by atoms with van der Waals surface area (Å²) in [6.45, 7) is 6.02. The Bertz CT molecular complexity index is 660. The van der Waals surface area contributed by atoms with E-state index in [4.69, 9.17) is 4.42 Å². The summed E-state index contributed by atoms with van der Waals surface area (Å²) in [4.78, 5) is 18.8. The number of oxazole rings is 1. The van der Waals surface area contributed by atoms with Crippen molar-refractivity contribution in [3.8, 4) is 11.5 Å². The molecular formula is C14H19N5O2. The standard InChI is InChI=1S/C14H19N5O2/c1-9-7-19(5-4-15-9)14(20)12-10(2)21-13(17-12)11-6-16-18(3)8-11/h6,8-9,15H,4-5,7H2,1-3H3/t9-/m0/s1. The van der Waals surface area contributed by atoms with Crippen molar-refractivity contribution in [3.63, 3.8) is 0 Å². The number of rotatable bonds is 2. The maximum absolute atomic E-state index is 12.6. The van der Waals surface area contributed by atoms with E-state index in [1.165, 1.54) is 0 Å². The maximum Gasteiger partial charge on any atom is 0.276 e. The van der Waals surface area contributed by atoms with Gasteiger partial charge >= 0.3 is 0 Å². The van der Waals surface area contributed by atoms with Crippen LogP contribution >= 0.6 is 0 Å². The zero-order chi connectivity index (χ0) is 15.0. The molecule has 0 aromatic carbocycles. The summed E-state index contributed by atoms with van der Waals surface area (Å²) in [5.41, 5.74) is 1.16. The number of aryl methyl sites for hydroxylation is 2. The van der Waals surface area contributed by atoms with Crippen LogP contribution in [-0.4, -0.2) is 51.2 Å². The van der Waals surface area contributed by atoms with E-state index in [0.29, 0.717) is 36.5 Å². The summed E-state index contributed by atoms with van der Waals surface area (Å²) in [5, 5.41) is 7.41. The topological polar surface area (TPSA) is 76.2 Å². The Morgan fingerprint density at radius 3 is 3.00 bits per heavy atom. The number of nitrogens with one attached hydrogen (secondary N) is 1. The maximum atomic E-state index is 12.6. The average Bonchev–Trinajstić information content (AvgIpc) is 3.04. The molecule has 3 heterocycles. The van der Waals surface area contributed by atoms with Gasteiger partial charge in [-0.25, -0.2) is 4.98 Å². The van der Waals surface area contributed by atoms with Gasteiger partial charge in [0.05, 0.1) is 11.8 Å². The molecule has 1 fully saturated rings. The Balaban J connectivity index is 1.85. The molecule has 21 heavy (non-hydrogen) atoms. The van der Waals surface area contributed by atoms with Crippen molar-refractivity contribution in [1.29, 1.82) is 0 Å². The Morgan fingerprint density at radius 2 is 2.33 bits per heavy atom. The number of nitrogens with zero attached hydrogens (tertiary/aromatic N) is 4. The SMILES string of the molecule is Cc1oc(-c2cnn(C)c2)nc1C(=O)N1CCN[C@@H](C)C1. The van der Waals surface area contributed by atoms with Gasteiger partial charge in [0.25, 0.3) is 5.91 Å². The van der Waals surface area contributed by atoms with Crippen molar-refractivity contribution in [2.45, 2.75) is 19.9 Å². The Kier molecular flexibility index (Phi) is 3.50. The van der Waals surface area contributed by atoms with E-state index < -0.39 is 0 Å². The molecule has 0 aliphatic carbocycles. The zero-order valence-electron chi connectivity index (χ0n) is 12.5. The fourth-order valence-electron chi connectivity index (χ4n) is 2.52. The lowest BCUT2D eigenvalue weighted by molar-refractivity contribution is 0.0702. The van der Waals surface area contributed by atoms with Gasteiger partial charge in [-0.15, -0.1) is 0 Å². The van der Waals surface area contributed by atoms with E-state index in [-0.39, 0.29) is 5.91 Å². The summed E-state index contributed by atoms with van der Waals surface area (Å²) >= 11 is 0. The smallest absolute Gasteiger partial charge is 0.276 e. The summed E-state index contributed by atoms with van der Waals surface area (Å²) < 4.78 is 7.30. The van der Waals surface area contributed by atoms with Gasteiger partial charge in [-0.3, -0.25) is 9.48 Å². The number of carbonyl (C=O) groups excluding carboxylic acids is 1. The van der Waals surface area contributed by atoms with E-state index in [0.717, 1.165) is 12.1 Å². The summed E-state index contributed by atoms with van der Waals surface area (Å²) in [5.74, 6) is 0.914. The highest BCUT2D eigenvalue weighted by atomic mass is 16.4. The quantitative estimate of drug-likeness (QED) is 0.885. The zero-order valence-corrected chi connectivity index (χ0v) is 12.5. The van der Waals surface area contributed by atoms with Crippen LogP contribution in [0.1, 0.15) is 23.2 Å². The third-order valence-corrected chi connectivity index (χ3v) is 3.61. The highest BCUT2D eigenvalue weighted by Gasteiger charge is 2.26. The minimum atomic E-state index is -0.0697. The first-order valence-corrected chi connectivity index (χ1v) is 7.03. The van der Waals surface area contributed by atoms with Crippen molar-refractivity contribution in [3.05, 3.63) is 23.8 Å². The molecule has 7 heteroatoms. The largest absolute Gasteiger partial charge is 0.440 e. The lowest BCUT2D eigenvalue weighted by Crippen LogP contribution is -2.51. The third kappa shape index (κ3) is 2.69. The fourth-order valence-corrected chi connectivity index (χ4v) is 2.52. The average molecular weight is 289 g/mol. The Morgan fingerprint density at radius 1 is 1.52 bits per heavy atom. The lowest BCUT2D eigenvalue weighted by Gasteiger charge is -2.31. The van der Waals surface area contributed by atoms with Crippen molar-refractivity contribution in [2.75, 3.05) is 19.6 Å². The first-order valence-electron chi connectivity index (χ1n) is 7.03. The van der Waals surface area contributed by atoms with Crippen LogP contribution in [0.4, 0.5) is 0 Å². The summed E-state index contributed by atoms with van der Waals surface area (Å²) in [6.07, 6.45) is 3.48. The molecule has 7 nitrogen and oxygen atoms in total. The third-order valence-electron chi connectivity index (χ3n) is 3.61. The minimum absolute atomic E-state index is 0.0697. The summed E-state index contributed by atoms with van der Waals surface area (Å²) in [6, 6.07) is 0.299. The minimum Gasteiger partial charge on any atom is -0.440 e. The van der Waals surface area contributed by atoms with Gasteiger partial charge in [-0.05, 0) is 13.8 Å². The van der Waals surface area contributed by atoms with Crippen LogP contribution in [0.3, 0.4) is 0 Å². The van der Waals surface area contributed by atoms with Crippen LogP contribution in [0.2, 0.25) is 0 Å². The van der Waals surface area contributed by atoms with Gasteiger partial charge < -0.3 is 14.6 Å². The molecule has 1 saturated heterocycles. The molecule has 0 saturated carbocycles. The molecule has 2 aromatic rings. The number of hydrogen-bond acceptors (Lipinski definition) is 5. The number of amides is 1. The number of piperazine rings is 1. The van der Waals surface area contributed by atoms with E-state index >= 15 is 0 Å². The monoisotopic (exact) mass is 289 g/mol. The van der Waals surface area contributed by atoms with Gasteiger partial charge in [0.15, 0.2) is 5.69 Å². The van der Waals surface area contributed by atoms with Crippen LogP contribution in [-0.2, 0) is 7.05 Å². The van der Waals surface area contributed by atoms with Crippen LogP contribution in [0, 0.1) is 6.92 Å². The molecular weight excluding hydrogens is 270 g/mol. The highest BCUT2D eigenvalue weighted by Crippen LogP contribution is 2.22. The molecule has 1 amide bonds. The highest BCUT2D eigenvalue weighted by molar-refractivity contribution is 5.93. The molecule has 1 atom stereocenters. The van der Waals surface area contributed by atoms with Crippen molar-refractivity contribution in [2.24, 2.45) is 7.05 Å². The second-order valence-corrected chi connectivity index (χ2v) is 5.43. The molecule has 1 aliphatic rings. The van der Waals surface area contributed by atoms with E-state index in [1.54, 1.807) is 17.8 Å². The first kappa shape index (κ1) is 13.8. The van der Waals surface area contributed by atoms with Gasteiger partial charge in [0, 0.05) is 38.9 Å². The lowest BCUT2D eigenvalue weighted by atomic mass is 10.2. The van der Waals surface area contributed by atoms with Gasteiger partial charge in [-0.2, -0.15) is 5.10 Å². The van der Waals surface area contributed by atoms with Gasteiger partial charge in [0.1, 0.15) is 5.76 Å². The molecule has 0 bridgehead atoms. The predicted molar refractivity (Wildman–Crippen MR) is 76.8 cm³/mol. The van der Waals surface area contributed by atoms with Gasteiger partial charge in [0.2, 0.25) is 5.89 Å². The molecule has 1 aliphatic heterocycles. The molecule has 0 radical (unpaired) electrons. The molecule has 1 N–H and O–H groups in total. The van der Waals surface area contributed by atoms with Crippen LogP contribution in [0.5, 0.6) is 0 Å². The second-order valence-electron chi connectivity index (χ2n) is 5.43. The normalized spacial score (nSPS) is 19.0. The molecule has 2 aromatic heterocycles. The Hall–Kier alpha value is -2.15. The molecule has 0 unspecified atom stereocenters. The number of aromatic nitrogens is 3.